The van der Waals surface area contributed by atoms with E-state index in [2.05, 4.69) is 5.16 Å². The molecule has 0 spiro atoms. The fourth-order valence-corrected chi connectivity index (χ4v) is 2.85. The predicted octanol–water partition coefficient (Wildman–Crippen LogP) is 3.40. The van der Waals surface area contributed by atoms with E-state index >= 15 is 0 Å². The molecule has 0 bridgehead atoms. The zero-order valence-corrected chi connectivity index (χ0v) is 15.2. The van der Waals surface area contributed by atoms with Crippen LogP contribution in [0.1, 0.15) is 26.3 Å². The van der Waals surface area contributed by atoms with Gasteiger partial charge >= 0.3 is 0 Å². The van der Waals surface area contributed by atoms with Crippen LogP contribution >= 0.6 is 0 Å². The molecule has 4 rings (SSSR count). The van der Waals surface area contributed by atoms with E-state index in [1.54, 1.807) is 48.5 Å². The molecule has 0 aliphatic carbocycles. The van der Waals surface area contributed by atoms with Gasteiger partial charge in [-0.25, -0.2) is 0 Å². The van der Waals surface area contributed by atoms with E-state index in [-0.39, 0.29) is 12.4 Å². The minimum absolute atomic E-state index is 0.0428. The van der Waals surface area contributed by atoms with Crippen molar-refractivity contribution in [2.75, 3.05) is 6.61 Å². The number of imide groups is 1. The van der Waals surface area contributed by atoms with Gasteiger partial charge in [-0.3, -0.25) is 14.4 Å². The molecule has 0 saturated heterocycles. The maximum Gasteiger partial charge on any atom is 0.285 e. The number of hydroxylamine groups is 2. The SMILES string of the molecule is O=C1c2ccccc2C(=O)N1OC/C(=N\Oc1cccc(O)c1)c1ccccc1. The van der Waals surface area contributed by atoms with E-state index in [1.807, 2.05) is 18.2 Å². The first-order valence-electron chi connectivity index (χ1n) is 8.82. The largest absolute Gasteiger partial charge is 0.508 e. The summed E-state index contributed by atoms with van der Waals surface area (Å²) in [6.45, 7) is -0.172. The van der Waals surface area contributed by atoms with Crippen molar-refractivity contribution in [1.82, 2.24) is 5.06 Å². The Bertz CT molecular complexity index is 1060. The third-order valence-corrected chi connectivity index (χ3v) is 4.27. The molecule has 0 radical (unpaired) electrons. The van der Waals surface area contributed by atoms with Crippen LogP contribution in [0.2, 0.25) is 0 Å². The number of oxime groups is 1. The normalized spacial score (nSPS) is 13.5. The highest BCUT2D eigenvalue weighted by atomic mass is 16.7. The predicted molar refractivity (Wildman–Crippen MR) is 105 cm³/mol. The van der Waals surface area contributed by atoms with E-state index in [4.69, 9.17) is 9.68 Å². The van der Waals surface area contributed by atoms with Crippen molar-refractivity contribution in [3.8, 4) is 11.5 Å². The Morgan fingerprint density at radius 1 is 0.862 bits per heavy atom. The van der Waals surface area contributed by atoms with E-state index in [1.165, 1.54) is 12.1 Å². The highest BCUT2D eigenvalue weighted by Crippen LogP contribution is 2.23. The molecule has 7 heteroatoms. The average Bonchev–Trinajstić information content (AvgIpc) is 2.99. The molecule has 3 aromatic carbocycles. The molecule has 29 heavy (non-hydrogen) atoms. The van der Waals surface area contributed by atoms with E-state index < -0.39 is 11.8 Å². The van der Waals surface area contributed by atoms with Crippen molar-refractivity contribution >= 4 is 17.5 Å². The molecule has 1 N–H and O–H groups in total. The molecule has 0 aromatic heterocycles. The van der Waals surface area contributed by atoms with Crippen LogP contribution in [0.3, 0.4) is 0 Å². The number of nitrogens with zero attached hydrogens (tertiary/aromatic N) is 2. The highest BCUT2D eigenvalue weighted by molar-refractivity contribution is 6.20. The minimum Gasteiger partial charge on any atom is -0.508 e. The number of carbonyl (C=O) groups is 2. The smallest absolute Gasteiger partial charge is 0.285 e. The molecular formula is C22H16N2O5. The zero-order chi connectivity index (χ0) is 20.2. The summed E-state index contributed by atoms with van der Waals surface area (Å²) in [5, 5.41) is 14.4. The second-order valence-corrected chi connectivity index (χ2v) is 6.22. The lowest BCUT2D eigenvalue weighted by molar-refractivity contribution is -0.0763. The number of benzene rings is 3. The second-order valence-electron chi connectivity index (χ2n) is 6.22. The Morgan fingerprint density at radius 2 is 1.52 bits per heavy atom. The molecule has 3 aromatic rings. The summed E-state index contributed by atoms with van der Waals surface area (Å²) >= 11 is 0. The Labute approximate surface area is 166 Å². The van der Waals surface area contributed by atoms with E-state index in [0.29, 0.717) is 28.2 Å². The van der Waals surface area contributed by atoms with Crippen molar-refractivity contribution in [1.29, 1.82) is 0 Å². The van der Waals surface area contributed by atoms with Crippen LogP contribution in [0.25, 0.3) is 0 Å². The van der Waals surface area contributed by atoms with Gasteiger partial charge in [-0.05, 0) is 24.3 Å². The molecule has 0 unspecified atom stereocenters. The maximum atomic E-state index is 12.5. The summed E-state index contributed by atoms with van der Waals surface area (Å²) in [6, 6.07) is 21.8. The van der Waals surface area contributed by atoms with Crippen molar-refractivity contribution in [2.45, 2.75) is 0 Å². The third kappa shape index (κ3) is 3.85. The van der Waals surface area contributed by atoms with Gasteiger partial charge < -0.3 is 9.94 Å². The molecule has 1 aliphatic heterocycles. The number of phenolic OH excluding ortho intramolecular Hbond substituents is 1. The Kier molecular flexibility index (Phi) is 5.05. The molecule has 2 amide bonds. The summed E-state index contributed by atoms with van der Waals surface area (Å²) in [7, 11) is 0. The molecule has 144 valence electrons. The van der Waals surface area contributed by atoms with Crippen LogP contribution in [0, 0.1) is 0 Å². The van der Waals surface area contributed by atoms with Crippen LogP contribution in [0.5, 0.6) is 11.5 Å². The van der Waals surface area contributed by atoms with Gasteiger partial charge in [0.05, 0.1) is 11.1 Å². The number of rotatable bonds is 6. The molecule has 0 atom stereocenters. The summed E-state index contributed by atoms with van der Waals surface area (Å²) in [5.74, 6) is -0.667. The Morgan fingerprint density at radius 3 is 2.17 bits per heavy atom. The first-order valence-corrected chi connectivity index (χ1v) is 8.82. The van der Waals surface area contributed by atoms with Gasteiger partial charge in [0.25, 0.3) is 11.8 Å². The second kappa shape index (κ2) is 7.95. The topological polar surface area (TPSA) is 88.4 Å². The monoisotopic (exact) mass is 388 g/mol. The molecule has 0 fully saturated rings. The van der Waals surface area contributed by atoms with Crippen molar-refractivity contribution < 1.29 is 24.4 Å². The zero-order valence-electron chi connectivity index (χ0n) is 15.2. The molecule has 1 aliphatic rings. The van der Waals surface area contributed by atoms with E-state index in [0.717, 1.165) is 5.06 Å². The van der Waals surface area contributed by atoms with Crippen molar-refractivity contribution in [3.63, 3.8) is 0 Å². The lowest BCUT2D eigenvalue weighted by Crippen LogP contribution is -2.32. The summed E-state index contributed by atoms with van der Waals surface area (Å²) in [5.41, 5.74) is 1.66. The standard InChI is InChI=1S/C22H16N2O5/c25-16-9-6-10-17(13-16)29-23-20(15-7-2-1-3-8-15)14-28-24-21(26)18-11-4-5-12-19(18)22(24)27/h1-13,25H,14H2/b23-20+. The van der Waals surface area contributed by atoms with Crippen LogP contribution < -0.4 is 4.84 Å². The quantitative estimate of drug-likeness (QED) is 0.397. The van der Waals surface area contributed by atoms with Gasteiger partial charge in [0.15, 0.2) is 5.75 Å². The van der Waals surface area contributed by atoms with Gasteiger partial charge in [0.2, 0.25) is 0 Å². The number of phenols is 1. The fraction of sp³-hybridized carbons (Fsp3) is 0.0455. The number of hydrogen-bond acceptors (Lipinski definition) is 6. The molecular weight excluding hydrogens is 372 g/mol. The first kappa shape index (κ1) is 18.4. The molecule has 7 nitrogen and oxygen atoms in total. The molecule has 0 saturated carbocycles. The maximum absolute atomic E-state index is 12.5. The van der Waals surface area contributed by atoms with Gasteiger partial charge in [0.1, 0.15) is 18.1 Å². The van der Waals surface area contributed by atoms with Gasteiger partial charge in [-0.15, -0.1) is 5.06 Å². The van der Waals surface area contributed by atoms with Crippen LogP contribution in [0.15, 0.2) is 84.0 Å². The van der Waals surface area contributed by atoms with Crippen molar-refractivity contribution in [3.05, 3.63) is 95.6 Å². The number of aromatic hydroxyl groups is 1. The number of amides is 2. The van der Waals surface area contributed by atoms with Crippen LogP contribution in [-0.2, 0) is 4.84 Å². The number of hydrogen-bond donors (Lipinski definition) is 1. The van der Waals surface area contributed by atoms with Crippen LogP contribution in [0.4, 0.5) is 0 Å². The Hall–Kier alpha value is -3.97. The third-order valence-electron chi connectivity index (χ3n) is 4.27. The summed E-state index contributed by atoms with van der Waals surface area (Å²) < 4.78 is 0. The van der Waals surface area contributed by atoms with Gasteiger partial charge in [0, 0.05) is 11.6 Å². The highest BCUT2D eigenvalue weighted by Gasteiger charge is 2.36. The lowest BCUT2D eigenvalue weighted by Gasteiger charge is -2.14. The fourth-order valence-electron chi connectivity index (χ4n) is 2.85. The summed E-state index contributed by atoms with van der Waals surface area (Å²) in [4.78, 5) is 35.8. The lowest BCUT2D eigenvalue weighted by atomic mass is 10.1. The van der Waals surface area contributed by atoms with E-state index in [9.17, 15) is 14.7 Å². The summed E-state index contributed by atoms with van der Waals surface area (Å²) in [6.07, 6.45) is 0. The number of fused-ring (bicyclic) bond motifs is 1. The van der Waals surface area contributed by atoms with Gasteiger partial charge in [-0.2, -0.15) is 0 Å². The first-order chi connectivity index (χ1) is 14.1. The Balaban J connectivity index is 1.54. The average molecular weight is 388 g/mol. The van der Waals surface area contributed by atoms with Crippen molar-refractivity contribution in [2.24, 2.45) is 5.16 Å². The van der Waals surface area contributed by atoms with Gasteiger partial charge in [-0.1, -0.05) is 53.7 Å². The number of carbonyl (C=O) groups excluding carboxylic acids is 2. The molecule has 1 heterocycles. The van der Waals surface area contributed by atoms with Crippen LogP contribution in [-0.4, -0.2) is 34.3 Å². The minimum atomic E-state index is -0.521.